The van der Waals surface area contributed by atoms with Crippen molar-refractivity contribution < 1.29 is 5.11 Å². The van der Waals surface area contributed by atoms with E-state index in [9.17, 15) is 9.90 Å². The molecule has 1 aromatic carbocycles. The third-order valence-corrected chi connectivity index (χ3v) is 6.83. The minimum absolute atomic E-state index is 0.144. The Morgan fingerprint density at radius 3 is 2.71 bits per heavy atom. The van der Waals surface area contributed by atoms with Crippen molar-refractivity contribution in [2.75, 3.05) is 31.6 Å². The monoisotopic (exact) mass is 437 g/mol. The maximum atomic E-state index is 13.0. The molecule has 4 aromatic rings. The van der Waals surface area contributed by atoms with Crippen molar-refractivity contribution in [2.45, 2.75) is 32.7 Å². The summed E-state index contributed by atoms with van der Waals surface area (Å²) in [5.74, 6) is 0.594. The van der Waals surface area contributed by atoms with Gasteiger partial charge in [-0.3, -0.25) is 4.79 Å². The molecule has 0 amide bonds. The highest BCUT2D eigenvalue weighted by molar-refractivity contribution is 7.17. The Morgan fingerprint density at radius 2 is 1.97 bits per heavy atom. The number of benzene rings is 1. The molecule has 4 heterocycles. The number of aliphatic hydroxyl groups excluding tert-OH is 1. The van der Waals surface area contributed by atoms with Crippen molar-refractivity contribution in [2.24, 2.45) is 0 Å². The number of aliphatic hydroxyl groups is 1. The molecule has 1 aliphatic heterocycles. The van der Waals surface area contributed by atoms with Crippen molar-refractivity contribution in [3.63, 3.8) is 0 Å². The number of nitrogens with one attached hydrogen (secondary N) is 3. The third kappa shape index (κ3) is 3.75. The summed E-state index contributed by atoms with van der Waals surface area (Å²) in [6.07, 6.45) is 1.89. The first-order chi connectivity index (χ1) is 15.0. The van der Waals surface area contributed by atoms with Gasteiger partial charge in [0.15, 0.2) is 0 Å². The van der Waals surface area contributed by atoms with Crippen LogP contribution in [0.3, 0.4) is 0 Å². The summed E-state index contributed by atoms with van der Waals surface area (Å²) in [6, 6.07) is 6.46. The summed E-state index contributed by atoms with van der Waals surface area (Å²) in [7, 11) is 0. The Bertz CT molecular complexity index is 1260. The second-order valence-electron chi connectivity index (χ2n) is 8.46. The van der Waals surface area contributed by atoms with Crippen molar-refractivity contribution in [1.82, 2.24) is 19.9 Å². The zero-order valence-corrected chi connectivity index (χ0v) is 18.6. The first-order valence-corrected chi connectivity index (χ1v) is 11.7. The van der Waals surface area contributed by atoms with Crippen LogP contribution in [0.4, 0.5) is 5.69 Å². The zero-order chi connectivity index (χ0) is 21.5. The minimum atomic E-state index is -0.144. The standard InChI is InChI=1S/C23H27N5O2S/c1-13(2)24-20-19(23(30)27-16-5-10-31-21(16)20)22-25-17-11-14-3-6-28(8-9-29)7-4-15(14)12-18(17)26-22/h5,10-13,29H,3-4,6-9H2,1-2H3,(H,25,26)(H2,24,27,30). The van der Waals surface area contributed by atoms with E-state index in [2.05, 4.69) is 46.2 Å². The average molecular weight is 438 g/mol. The van der Waals surface area contributed by atoms with Crippen LogP contribution in [0.2, 0.25) is 0 Å². The molecule has 3 aromatic heterocycles. The maximum Gasteiger partial charge on any atom is 0.261 e. The lowest BCUT2D eigenvalue weighted by atomic mass is 10.0. The normalized spacial score (nSPS) is 15.0. The van der Waals surface area contributed by atoms with E-state index in [0.29, 0.717) is 17.9 Å². The second kappa shape index (κ2) is 8.11. The quantitative estimate of drug-likeness (QED) is 0.384. The molecule has 8 heteroatoms. The van der Waals surface area contributed by atoms with Crippen LogP contribution in [0, 0.1) is 0 Å². The molecule has 0 saturated heterocycles. The maximum absolute atomic E-state index is 13.0. The summed E-state index contributed by atoms with van der Waals surface area (Å²) in [6.45, 7) is 6.93. The van der Waals surface area contributed by atoms with E-state index in [1.54, 1.807) is 11.3 Å². The molecule has 5 rings (SSSR count). The molecule has 0 spiro atoms. The van der Waals surface area contributed by atoms with Gasteiger partial charge >= 0.3 is 0 Å². The van der Waals surface area contributed by atoms with Gasteiger partial charge < -0.3 is 25.3 Å². The molecule has 0 fully saturated rings. The molecule has 0 saturated carbocycles. The van der Waals surface area contributed by atoms with E-state index in [4.69, 9.17) is 4.98 Å². The lowest BCUT2D eigenvalue weighted by Gasteiger charge is -2.17. The SMILES string of the molecule is CC(C)Nc1c(-c2nc3cc4c(cc3[nH]2)CCN(CCO)CC4)c(=O)[nH]c2ccsc12. The number of hydrogen-bond acceptors (Lipinski definition) is 6. The van der Waals surface area contributed by atoms with Gasteiger partial charge in [-0.15, -0.1) is 11.3 Å². The number of thiophene rings is 1. The highest BCUT2D eigenvalue weighted by atomic mass is 32.1. The minimum Gasteiger partial charge on any atom is -0.395 e. The number of pyridine rings is 1. The Labute approximate surface area is 184 Å². The predicted octanol–water partition coefficient (Wildman–Crippen LogP) is 3.35. The number of hydrogen-bond donors (Lipinski definition) is 4. The van der Waals surface area contributed by atoms with Gasteiger partial charge in [0.1, 0.15) is 11.4 Å². The van der Waals surface area contributed by atoms with Gasteiger partial charge in [0.25, 0.3) is 5.56 Å². The fraction of sp³-hybridized carbons (Fsp3) is 0.391. The highest BCUT2D eigenvalue weighted by Crippen LogP contribution is 2.34. The van der Waals surface area contributed by atoms with E-state index in [0.717, 1.165) is 52.9 Å². The number of fused-ring (bicyclic) bond motifs is 3. The van der Waals surface area contributed by atoms with Gasteiger partial charge in [-0.2, -0.15) is 0 Å². The molecule has 7 nitrogen and oxygen atoms in total. The van der Waals surface area contributed by atoms with Gasteiger partial charge in [-0.1, -0.05) is 0 Å². The molecule has 0 bridgehead atoms. The summed E-state index contributed by atoms with van der Waals surface area (Å²) < 4.78 is 1.03. The Hall–Kier alpha value is -2.68. The second-order valence-corrected chi connectivity index (χ2v) is 9.37. The van der Waals surface area contributed by atoms with Crippen molar-refractivity contribution in [3.05, 3.63) is 45.1 Å². The van der Waals surface area contributed by atoms with E-state index in [1.165, 1.54) is 11.1 Å². The van der Waals surface area contributed by atoms with Gasteiger partial charge in [0, 0.05) is 25.7 Å². The fourth-order valence-corrected chi connectivity index (χ4v) is 5.29. The van der Waals surface area contributed by atoms with Crippen LogP contribution in [0.5, 0.6) is 0 Å². The summed E-state index contributed by atoms with van der Waals surface area (Å²) >= 11 is 1.61. The number of H-pyrrole nitrogens is 2. The van der Waals surface area contributed by atoms with Crippen LogP contribution in [-0.2, 0) is 12.8 Å². The largest absolute Gasteiger partial charge is 0.395 e. The molecular formula is C23H27N5O2S. The molecule has 1 aliphatic rings. The van der Waals surface area contributed by atoms with Crippen LogP contribution in [0.25, 0.3) is 32.6 Å². The van der Waals surface area contributed by atoms with Crippen LogP contribution < -0.4 is 10.9 Å². The van der Waals surface area contributed by atoms with Crippen LogP contribution >= 0.6 is 11.3 Å². The van der Waals surface area contributed by atoms with Gasteiger partial charge in [0.2, 0.25) is 0 Å². The van der Waals surface area contributed by atoms with Gasteiger partial charge in [-0.25, -0.2) is 4.98 Å². The summed E-state index contributed by atoms with van der Waals surface area (Å²) in [5.41, 5.74) is 6.54. The van der Waals surface area contributed by atoms with Crippen molar-refractivity contribution in [3.8, 4) is 11.4 Å². The van der Waals surface area contributed by atoms with Crippen LogP contribution in [-0.4, -0.2) is 57.2 Å². The van der Waals surface area contributed by atoms with Crippen molar-refractivity contribution >= 4 is 38.3 Å². The molecule has 31 heavy (non-hydrogen) atoms. The topological polar surface area (TPSA) is 97.0 Å². The number of anilines is 1. The first-order valence-electron chi connectivity index (χ1n) is 10.8. The number of rotatable bonds is 5. The molecule has 0 aliphatic carbocycles. The lowest BCUT2D eigenvalue weighted by molar-refractivity contribution is 0.201. The lowest BCUT2D eigenvalue weighted by Crippen LogP contribution is -2.29. The number of β-amino-alcohol motifs (C(OH)–C–C–N with tert-alkyl or cyclic N) is 1. The first kappa shape index (κ1) is 20.2. The number of aromatic nitrogens is 3. The molecule has 0 unspecified atom stereocenters. The van der Waals surface area contributed by atoms with Crippen LogP contribution in [0.15, 0.2) is 28.4 Å². The number of aromatic amines is 2. The molecule has 4 N–H and O–H groups in total. The zero-order valence-electron chi connectivity index (χ0n) is 17.8. The molecule has 0 radical (unpaired) electrons. The fourth-order valence-electron chi connectivity index (χ4n) is 4.43. The van der Waals surface area contributed by atoms with Gasteiger partial charge in [0.05, 0.1) is 33.5 Å². The predicted molar refractivity (Wildman–Crippen MR) is 127 cm³/mol. The molecule has 0 atom stereocenters. The van der Waals surface area contributed by atoms with E-state index in [-0.39, 0.29) is 18.2 Å². The Balaban J connectivity index is 1.60. The van der Waals surface area contributed by atoms with Crippen molar-refractivity contribution in [1.29, 1.82) is 0 Å². The summed E-state index contributed by atoms with van der Waals surface area (Å²) in [5, 5.41) is 14.7. The number of nitrogens with zero attached hydrogens (tertiary/aromatic N) is 2. The van der Waals surface area contributed by atoms with Gasteiger partial charge in [-0.05, 0) is 61.4 Å². The Kier molecular flexibility index (Phi) is 5.29. The average Bonchev–Trinajstić information content (AvgIpc) is 3.30. The molecule has 162 valence electrons. The summed E-state index contributed by atoms with van der Waals surface area (Å²) in [4.78, 5) is 26.6. The van der Waals surface area contributed by atoms with E-state index < -0.39 is 0 Å². The Morgan fingerprint density at radius 1 is 1.19 bits per heavy atom. The third-order valence-electron chi connectivity index (χ3n) is 5.90. The van der Waals surface area contributed by atoms with E-state index >= 15 is 0 Å². The number of imidazole rings is 1. The highest BCUT2D eigenvalue weighted by Gasteiger charge is 2.21. The van der Waals surface area contributed by atoms with E-state index in [1.807, 2.05) is 11.4 Å². The molecular weight excluding hydrogens is 410 g/mol. The smallest absolute Gasteiger partial charge is 0.261 e. The van der Waals surface area contributed by atoms with Crippen LogP contribution in [0.1, 0.15) is 25.0 Å².